The van der Waals surface area contributed by atoms with Crippen LogP contribution >= 0.6 is 0 Å². The van der Waals surface area contributed by atoms with Crippen LogP contribution in [0, 0.1) is 0 Å². The molecule has 0 spiro atoms. The van der Waals surface area contributed by atoms with Crippen LogP contribution in [0.5, 0.6) is 5.75 Å². The summed E-state index contributed by atoms with van der Waals surface area (Å²) in [5.74, 6) is 0.798. The Bertz CT molecular complexity index is 1320. The molecular formula is C29H40N6O6. The van der Waals surface area contributed by atoms with E-state index >= 15 is 0 Å². The quantitative estimate of drug-likeness (QED) is 0.247. The van der Waals surface area contributed by atoms with Crippen molar-refractivity contribution >= 4 is 34.7 Å². The number of nitrogens with two attached hydrogens (primary N) is 1. The molecule has 1 aliphatic heterocycles. The zero-order valence-electron chi connectivity index (χ0n) is 23.8. The van der Waals surface area contributed by atoms with Crippen molar-refractivity contribution in [2.75, 3.05) is 57.7 Å². The number of aromatic nitrogens is 3. The van der Waals surface area contributed by atoms with E-state index in [9.17, 15) is 14.7 Å². The summed E-state index contributed by atoms with van der Waals surface area (Å²) in [6, 6.07) is 7.52. The van der Waals surface area contributed by atoms with Gasteiger partial charge in [-0.25, -0.2) is 4.98 Å². The number of methoxy groups -OCH3 is 1. The lowest BCUT2D eigenvalue weighted by molar-refractivity contribution is -0.153. The van der Waals surface area contributed by atoms with E-state index in [1.165, 1.54) is 0 Å². The number of nitrogens with one attached hydrogen (secondary N) is 1. The second-order valence-corrected chi connectivity index (χ2v) is 10.1. The van der Waals surface area contributed by atoms with Crippen molar-refractivity contribution < 1.29 is 28.9 Å². The SMILES string of the molecule is CCCC[C@@H](CO)Nc1nc(N)nc2ccn(Cc3cc(CCC(=O)OCC(=O)N4CCOCC4)ccc3OC)c12. The Morgan fingerprint density at radius 3 is 2.76 bits per heavy atom. The number of aryl methyl sites for hydroxylation is 1. The second kappa shape index (κ2) is 14.6. The van der Waals surface area contributed by atoms with E-state index in [4.69, 9.17) is 19.9 Å². The standard InChI is InChI=1S/C29H40N6O6/c1-3-4-5-22(18-36)31-28-27-23(32-29(30)33-28)10-11-35(27)17-21-16-20(6-8-24(21)39-2)7-9-26(38)41-19-25(37)34-12-14-40-15-13-34/h6,8,10-11,16,22,36H,3-5,7,9,12-15,17-19H2,1-2H3,(H3,30,31,32,33)/t22-/m0/s1. The first-order valence-corrected chi connectivity index (χ1v) is 14.1. The number of morpholine rings is 1. The topological polar surface area (TPSA) is 154 Å². The van der Waals surface area contributed by atoms with Crippen molar-refractivity contribution in [2.24, 2.45) is 0 Å². The summed E-state index contributed by atoms with van der Waals surface area (Å²) in [6.45, 7) is 4.31. The summed E-state index contributed by atoms with van der Waals surface area (Å²) < 4.78 is 18.1. The Kier molecular flexibility index (Phi) is 10.7. The number of nitrogen functional groups attached to an aromatic ring is 1. The monoisotopic (exact) mass is 568 g/mol. The number of amides is 1. The molecule has 1 aliphatic rings. The van der Waals surface area contributed by atoms with Crippen LogP contribution in [0.15, 0.2) is 30.5 Å². The number of carbonyl (C=O) groups is 2. The zero-order valence-corrected chi connectivity index (χ0v) is 23.8. The van der Waals surface area contributed by atoms with Gasteiger partial charge in [-0.15, -0.1) is 0 Å². The molecule has 3 aromatic rings. The first-order valence-electron chi connectivity index (χ1n) is 14.1. The number of hydrogen-bond acceptors (Lipinski definition) is 10. The van der Waals surface area contributed by atoms with E-state index in [2.05, 4.69) is 22.2 Å². The molecule has 0 unspecified atom stereocenters. The first kappa shape index (κ1) is 30.1. The number of esters is 1. The highest BCUT2D eigenvalue weighted by Crippen LogP contribution is 2.28. The van der Waals surface area contributed by atoms with Crippen molar-refractivity contribution in [1.82, 2.24) is 19.4 Å². The van der Waals surface area contributed by atoms with E-state index in [1.807, 2.05) is 35.0 Å². The fraction of sp³-hybridized carbons (Fsp3) is 0.517. The fourth-order valence-electron chi connectivity index (χ4n) is 4.87. The van der Waals surface area contributed by atoms with Crippen LogP contribution in [0.25, 0.3) is 11.0 Å². The van der Waals surface area contributed by atoms with Crippen molar-refractivity contribution in [2.45, 2.75) is 51.6 Å². The minimum absolute atomic E-state index is 0.0220. The van der Waals surface area contributed by atoms with Gasteiger partial charge in [-0.05, 0) is 30.5 Å². The van der Waals surface area contributed by atoms with Crippen LogP contribution in [-0.2, 0) is 32.0 Å². The molecule has 1 amide bonds. The molecule has 3 heterocycles. The summed E-state index contributed by atoms with van der Waals surface area (Å²) in [7, 11) is 1.62. The number of ether oxygens (including phenoxy) is 3. The highest BCUT2D eigenvalue weighted by atomic mass is 16.5. The summed E-state index contributed by atoms with van der Waals surface area (Å²) in [5.41, 5.74) is 9.30. The summed E-state index contributed by atoms with van der Waals surface area (Å²) in [5, 5.41) is 13.3. The van der Waals surface area contributed by atoms with E-state index < -0.39 is 5.97 Å². The smallest absolute Gasteiger partial charge is 0.306 e. The number of unbranched alkanes of at least 4 members (excludes halogenated alkanes) is 1. The Labute approximate surface area is 239 Å². The number of rotatable bonds is 14. The molecule has 222 valence electrons. The third kappa shape index (κ3) is 8.08. The van der Waals surface area contributed by atoms with E-state index in [0.717, 1.165) is 35.9 Å². The van der Waals surface area contributed by atoms with Gasteiger partial charge in [-0.1, -0.05) is 31.9 Å². The molecule has 41 heavy (non-hydrogen) atoms. The summed E-state index contributed by atoms with van der Waals surface area (Å²) >= 11 is 0. The van der Waals surface area contributed by atoms with Gasteiger partial charge in [0.25, 0.3) is 5.91 Å². The molecular weight excluding hydrogens is 528 g/mol. The minimum atomic E-state index is -0.424. The largest absolute Gasteiger partial charge is 0.496 e. The Balaban J connectivity index is 1.45. The number of aliphatic hydroxyl groups is 1. The molecule has 4 N–H and O–H groups in total. The van der Waals surface area contributed by atoms with Gasteiger partial charge < -0.3 is 39.8 Å². The van der Waals surface area contributed by atoms with Crippen molar-refractivity contribution in [3.8, 4) is 5.75 Å². The molecule has 0 aliphatic carbocycles. The summed E-state index contributed by atoms with van der Waals surface area (Å²) in [4.78, 5) is 35.1. The molecule has 1 atom stereocenters. The van der Waals surface area contributed by atoms with Gasteiger partial charge in [-0.3, -0.25) is 9.59 Å². The van der Waals surface area contributed by atoms with Gasteiger partial charge in [0, 0.05) is 31.3 Å². The molecule has 12 heteroatoms. The number of carbonyl (C=O) groups excluding carboxylic acids is 2. The molecule has 1 fully saturated rings. The molecule has 12 nitrogen and oxygen atoms in total. The highest BCUT2D eigenvalue weighted by molar-refractivity contribution is 5.88. The molecule has 0 radical (unpaired) electrons. The maximum atomic E-state index is 12.4. The van der Waals surface area contributed by atoms with Crippen LogP contribution in [-0.4, -0.2) is 89.1 Å². The third-order valence-corrected chi connectivity index (χ3v) is 7.12. The third-order valence-electron chi connectivity index (χ3n) is 7.12. The van der Waals surface area contributed by atoms with Gasteiger partial charge in [0.15, 0.2) is 12.4 Å². The number of aliphatic hydroxyl groups excluding tert-OH is 1. The molecule has 4 rings (SSSR count). The lowest BCUT2D eigenvalue weighted by Crippen LogP contribution is -2.42. The van der Waals surface area contributed by atoms with Crippen LogP contribution in [0.2, 0.25) is 0 Å². The number of fused-ring (bicyclic) bond motifs is 1. The molecule has 0 saturated carbocycles. The van der Waals surface area contributed by atoms with Crippen LogP contribution < -0.4 is 15.8 Å². The Morgan fingerprint density at radius 2 is 2.02 bits per heavy atom. The average molecular weight is 569 g/mol. The van der Waals surface area contributed by atoms with Gasteiger partial charge in [0.2, 0.25) is 5.95 Å². The molecule has 1 aromatic carbocycles. The Morgan fingerprint density at radius 1 is 1.22 bits per heavy atom. The van der Waals surface area contributed by atoms with Gasteiger partial charge in [0.05, 0.1) is 45.0 Å². The van der Waals surface area contributed by atoms with Crippen LogP contribution in [0.3, 0.4) is 0 Å². The van der Waals surface area contributed by atoms with Gasteiger partial charge in [-0.2, -0.15) is 4.98 Å². The number of benzene rings is 1. The van der Waals surface area contributed by atoms with Gasteiger partial charge >= 0.3 is 5.97 Å². The number of hydrogen-bond donors (Lipinski definition) is 3. The van der Waals surface area contributed by atoms with E-state index in [-0.39, 0.29) is 37.5 Å². The lowest BCUT2D eigenvalue weighted by Gasteiger charge is -2.26. The highest BCUT2D eigenvalue weighted by Gasteiger charge is 2.19. The molecule has 2 aromatic heterocycles. The maximum Gasteiger partial charge on any atom is 0.306 e. The predicted molar refractivity (Wildman–Crippen MR) is 155 cm³/mol. The van der Waals surface area contributed by atoms with E-state index in [1.54, 1.807) is 12.0 Å². The fourth-order valence-corrected chi connectivity index (χ4v) is 4.87. The molecule has 0 bridgehead atoms. The summed E-state index contributed by atoms with van der Waals surface area (Å²) in [6.07, 6.45) is 5.32. The normalized spacial score (nSPS) is 14.2. The number of anilines is 2. The second-order valence-electron chi connectivity index (χ2n) is 10.1. The van der Waals surface area contributed by atoms with Crippen molar-refractivity contribution in [3.05, 3.63) is 41.6 Å². The molecule has 1 saturated heterocycles. The minimum Gasteiger partial charge on any atom is -0.496 e. The Hall–Kier alpha value is -3.90. The van der Waals surface area contributed by atoms with Crippen molar-refractivity contribution in [1.29, 1.82) is 0 Å². The van der Waals surface area contributed by atoms with Crippen LogP contribution in [0.4, 0.5) is 11.8 Å². The zero-order chi connectivity index (χ0) is 29.2. The van der Waals surface area contributed by atoms with Crippen molar-refractivity contribution in [3.63, 3.8) is 0 Å². The lowest BCUT2D eigenvalue weighted by atomic mass is 10.1. The first-order chi connectivity index (χ1) is 19.9. The van der Waals surface area contributed by atoms with E-state index in [0.29, 0.717) is 56.4 Å². The van der Waals surface area contributed by atoms with Gasteiger partial charge in [0.1, 0.15) is 11.3 Å². The average Bonchev–Trinajstić information content (AvgIpc) is 3.39. The predicted octanol–water partition coefficient (Wildman–Crippen LogP) is 2.37. The van der Waals surface area contributed by atoms with Crippen LogP contribution in [0.1, 0.15) is 43.7 Å². The number of nitrogens with zero attached hydrogens (tertiary/aromatic N) is 4. The maximum absolute atomic E-state index is 12.4.